The molecule has 0 amide bonds. The minimum absolute atomic E-state index is 0.412. The summed E-state index contributed by atoms with van der Waals surface area (Å²) in [5.41, 5.74) is 1.89. The van der Waals surface area contributed by atoms with Crippen molar-refractivity contribution in [2.24, 2.45) is 0 Å². The summed E-state index contributed by atoms with van der Waals surface area (Å²) >= 11 is 0. The molecular formula is C18H12N2O2P+3. The van der Waals surface area contributed by atoms with Crippen molar-refractivity contribution in [3.8, 4) is 11.5 Å². The Hall–Kier alpha value is -2.71. The number of nitrogens with zero attached hydrogens (tertiary/aromatic N) is 2. The molecule has 2 aromatic carbocycles. The van der Waals surface area contributed by atoms with Gasteiger partial charge in [0.25, 0.3) is 0 Å². The van der Waals surface area contributed by atoms with E-state index in [1.54, 1.807) is 12.4 Å². The molecule has 0 aliphatic rings. The number of pyridine rings is 2. The van der Waals surface area contributed by atoms with Crippen LogP contribution in [-0.4, -0.2) is 9.97 Å². The summed E-state index contributed by atoms with van der Waals surface area (Å²) in [7, 11) is 0.412. The summed E-state index contributed by atoms with van der Waals surface area (Å²) in [4.78, 5) is 8.57. The number of benzene rings is 2. The maximum atomic E-state index is 5.64. The molecule has 2 heterocycles. The van der Waals surface area contributed by atoms with Crippen LogP contribution < -0.4 is 9.05 Å². The van der Waals surface area contributed by atoms with Crippen LogP contribution >= 0.6 is 9.03 Å². The van der Waals surface area contributed by atoms with Crippen molar-refractivity contribution in [3.63, 3.8) is 0 Å². The Labute approximate surface area is 135 Å². The zero-order chi connectivity index (χ0) is 15.5. The molecular weight excluding hydrogens is 307 g/mol. The third kappa shape index (κ3) is 3.08. The van der Waals surface area contributed by atoms with E-state index in [1.807, 2.05) is 60.7 Å². The summed E-state index contributed by atoms with van der Waals surface area (Å²) < 4.78 is 11.3. The SMILES string of the molecule is c1cnc2ccc(O[P+3]Oc3ccc4ncccc4c3)cc2c1. The van der Waals surface area contributed by atoms with Gasteiger partial charge in [-0.05, 0) is 0 Å². The molecule has 0 N–H and O–H groups in total. The van der Waals surface area contributed by atoms with Crippen LogP contribution in [0.1, 0.15) is 0 Å². The summed E-state index contributed by atoms with van der Waals surface area (Å²) in [6.45, 7) is 0. The zero-order valence-corrected chi connectivity index (χ0v) is 13.0. The number of fused-ring (bicyclic) bond motifs is 2. The van der Waals surface area contributed by atoms with Crippen LogP contribution in [0.5, 0.6) is 11.5 Å². The van der Waals surface area contributed by atoms with Crippen LogP contribution in [-0.2, 0) is 0 Å². The van der Waals surface area contributed by atoms with Gasteiger partial charge in [-0.15, -0.1) is 0 Å². The van der Waals surface area contributed by atoms with Crippen LogP contribution in [0.3, 0.4) is 0 Å². The number of rotatable bonds is 4. The molecule has 0 fully saturated rings. The molecule has 0 aliphatic carbocycles. The van der Waals surface area contributed by atoms with Crippen LogP contribution in [0.4, 0.5) is 0 Å². The van der Waals surface area contributed by atoms with Gasteiger partial charge in [0.1, 0.15) is 0 Å². The van der Waals surface area contributed by atoms with E-state index in [2.05, 4.69) is 9.97 Å². The minimum atomic E-state index is 0.412. The van der Waals surface area contributed by atoms with E-state index in [4.69, 9.17) is 9.05 Å². The molecule has 0 saturated carbocycles. The summed E-state index contributed by atoms with van der Waals surface area (Å²) in [5.74, 6) is 1.49. The molecule has 0 atom stereocenters. The first-order valence-electron chi connectivity index (χ1n) is 7.12. The zero-order valence-electron chi connectivity index (χ0n) is 12.1. The second kappa shape index (κ2) is 6.19. The normalized spacial score (nSPS) is 10.4. The van der Waals surface area contributed by atoms with E-state index < -0.39 is 0 Å². The predicted molar refractivity (Wildman–Crippen MR) is 91.7 cm³/mol. The van der Waals surface area contributed by atoms with Crippen molar-refractivity contribution in [2.45, 2.75) is 0 Å². The molecule has 0 bridgehead atoms. The third-order valence-corrected chi connectivity index (χ3v) is 4.00. The molecule has 0 saturated heterocycles. The molecule has 4 rings (SSSR count). The van der Waals surface area contributed by atoms with E-state index >= 15 is 0 Å². The van der Waals surface area contributed by atoms with E-state index in [0.717, 1.165) is 33.3 Å². The van der Waals surface area contributed by atoms with Crippen molar-refractivity contribution in [1.29, 1.82) is 0 Å². The topological polar surface area (TPSA) is 44.2 Å². The first kappa shape index (κ1) is 13.9. The van der Waals surface area contributed by atoms with E-state index in [1.165, 1.54) is 0 Å². The van der Waals surface area contributed by atoms with Crippen molar-refractivity contribution >= 4 is 30.8 Å². The first-order chi connectivity index (χ1) is 11.4. The molecule has 2 aromatic heterocycles. The Morgan fingerprint density at radius 1 is 0.652 bits per heavy atom. The van der Waals surface area contributed by atoms with Gasteiger partial charge >= 0.3 is 134 Å². The number of hydrogen-bond acceptors (Lipinski definition) is 4. The number of hydrogen-bond donors (Lipinski definition) is 0. The van der Waals surface area contributed by atoms with Gasteiger partial charge in [0.05, 0.1) is 0 Å². The molecule has 0 radical (unpaired) electrons. The second-order valence-electron chi connectivity index (χ2n) is 4.97. The van der Waals surface area contributed by atoms with E-state index in [0.29, 0.717) is 9.03 Å². The Balaban J connectivity index is 1.45. The summed E-state index contributed by atoms with van der Waals surface area (Å²) in [6.07, 6.45) is 3.55. The molecule has 5 heteroatoms. The average molecular weight is 319 g/mol. The van der Waals surface area contributed by atoms with Crippen LogP contribution in [0.2, 0.25) is 0 Å². The monoisotopic (exact) mass is 319 g/mol. The van der Waals surface area contributed by atoms with Crippen molar-refractivity contribution in [1.82, 2.24) is 9.97 Å². The standard InChI is InChI=1S/C18H12N2O2P/c1-3-13-11-15(5-7-17(13)19-9-1)21-23-22-16-6-8-18-14(12-16)4-2-10-20-18/h1-12H/q+3. The van der Waals surface area contributed by atoms with Crippen molar-refractivity contribution < 1.29 is 9.05 Å². The van der Waals surface area contributed by atoms with E-state index in [-0.39, 0.29) is 0 Å². The van der Waals surface area contributed by atoms with Gasteiger partial charge in [-0.3, -0.25) is 0 Å². The molecule has 108 valence electrons. The molecule has 4 nitrogen and oxygen atoms in total. The van der Waals surface area contributed by atoms with Gasteiger partial charge in [-0.2, -0.15) is 0 Å². The molecule has 0 unspecified atom stereocenters. The fraction of sp³-hybridized carbons (Fsp3) is 0. The quantitative estimate of drug-likeness (QED) is 0.496. The summed E-state index contributed by atoms with van der Waals surface area (Å²) in [5, 5.41) is 2.08. The van der Waals surface area contributed by atoms with Gasteiger partial charge < -0.3 is 0 Å². The predicted octanol–water partition coefficient (Wildman–Crippen LogP) is 5.02. The molecule has 0 spiro atoms. The van der Waals surface area contributed by atoms with Gasteiger partial charge in [0, 0.05) is 0 Å². The Bertz CT molecular complexity index is 896. The van der Waals surface area contributed by atoms with Crippen LogP contribution in [0, 0.1) is 0 Å². The molecule has 23 heavy (non-hydrogen) atoms. The molecule has 0 aliphatic heterocycles. The Morgan fingerprint density at radius 3 is 1.70 bits per heavy atom. The second-order valence-corrected chi connectivity index (χ2v) is 5.49. The van der Waals surface area contributed by atoms with Gasteiger partial charge in [0.15, 0.2) is 0 Å². The fourth-order valence-electron chi connectivity index (χ4n) is 2.33. The molecule has 4 aromatic rings. The average Bonchev–Trinajstić information content (AvgIpc) is 2.61. The third-order valence-electron chi connectivity index (χ3n) is 3.43. The fourth-order valence-corrected chi connectivity index (χ4v) is 2.76. The summed E-state index contributed by atoms with van der Waals surface area (Å²) in [6, 6.07) is 19.3. The first-order valence-corrected chi connectivity index (χ1v) is 7.85. The Morgan fingerprint density at radius 2 is 1.17 bits per heavy atom. The van der Waals surface area contributed by atoms with Gasteiger partial charge in [0.2, 0.25) is 0 Å². The van der Waals surface area contributed by atoms with Gasteiger partial charge in [-0.1, -0.05) is 0 Å². The van der Waals surface area contributed by atoms with E-state index in [9.17, 15) is 0 Å². The van der Waals surface area contributed by atoms with Crippen LogP contribution in [0.15, 0.2) is 73.1 Å². The van der Waals surface area contributed by atoms with Crippen molar-refractivity contribution in [2.75, 3.05) is 0 Å². The van der Waals surface area contributed by atoms with Crippen LogP contribution in [0.25, 0.3) is 21.8 Å². The van der Waals surface area contributed by atoms with Crippen molar-refractivity contribution in [3.05, 3.63) is 73.1 Å². The number of aromatic nitrogens is 2. The maximum absolute atomic E-state index is 5.64. The van der Waals surface area contributed by atoms with Gasteiger partial charge in [-0.25, -0.2) is 0 Å². The Kier molecular flexibility index (Phi) is 3.75.